The maximum atomic E-state index is 9.57. The molecule has 0 fully saturated rings. The lowest BCUT2D eigenvalue weighted by Gasteiger charge is -2.34. The third-order valence-electron chi connectivity index (χ3n) is 8.92. The standard InChI is InChI=1S/C42H36O4/c43-23-25-45-40-21-19-30(27-36(40)31-11-3-1-4-12-31)29-42(38-17-9-7-15-34(38)35-16-8-10-18-39(35)42)33-20-22-41(46-26-24-44)37(28-33)32-13-5-2-6-14-32/h1-22,27-28,43-44H,23-26,29H2. The SMILES string of the molecule is OCCOc1ccc(CC2(c3ccc(OCCO)c(-c4ccccc4)c3)c3ccccc3-c3ccccc32)cc1-c1ccccc1. The largest absolute Gasteiger partial charge is 0.491 e. The zero-order chi connectivity index (χ0) is 31.3. The highest BCUT2D eigenvalue weighted by Crippen LogP contribution is 2.55. The summed E-state index contributed by atoms with van der Waals surface area (Å²) < 4.78 is 12.1. The number of benzene rings is 6. The zero-order valence-electron chi connectivity index (χ0n) is 25.6. The highest BCUT2D eigenvalue weighted by Gasteiger charge is 2.44. The minimum atomic E-state index is -0.492. The molecule has 4 heteroatoms. The van der Waals surface area contributed by atoms with Crippen LogP contribution in [0.5, 0.6) is 11.5 Å². The average Bonchev–Trinajstić information content (AvgIpc) is 3.41. The van der Waals surface area contributed by atoms with Crippen molar-refractivity contribution in [1.82, 2.24) is 0 Å². The summed E-state index contributed by atoms with van der Waals surface area (Å²) in [6.45, 7) is 0.358. The summed E-state index contributed by atoms with van der Waals surface area (Å²) in [6.07, 6.45) is 0.714. The molecule has 0 heterocycles. The van der Waals surface area contributed by atoms with Gasteiger partial charge in [-0.25, -0.2) is 0 Å². The molecule has 6 aromatic rings. The first-order chi connectivity index (χ1) is 22.7. The van der Waals surface area contributed by atoms with Gasteiger partial charge in [-0.15, -0.1) is 0 Å². The lowest BCUT2D eigenvalue weighted by molar-refractivity contribution is 0.202. The first-order valence-electron chi connectivity index (χ1n) is 15.8. The van der Waals surface area contributed by atoms with E-state index in [1.165, 1.54) is 33.4 Å². The Hall–Kier alpha value is -5.16. The number of rotatable bonds is 11. The number of hydrogen-bond donors (Lipinski definition) is 2. The van der Waals surface area contributed by atoms with Crippen molar-refractivity contribution in [2.45, 2.75) is 11.8 Å². The zero-order valence-corrected chi connectivity index (χ0v) is 25.6. The highest BCUT2D eigenvalue weighted by molar-refractivity contribution is 5.85. The van der Waals surface area contributed by atoms with Gasteiger partial charge in [-0.05, 0) is 75.2 Å². The number of hydrogen-bond acceptors (Lipinski definition) is 4. The van der Waals surface area contributed by atoms with E-state index < -0.39 is 5.41 Å². The molecule has 228 valence electrons. The quantitative estimate of drug-likeness (QED) is 0.156. The molecular formula is C42H36O4. The minimum Gasteiger partial charge on any atom is -0.491 e. The van der Waals surface area contributed by atoms with Crippen LogP contribution in [0.3, 0.4) is 0 Å². The van der Waals surface area contributed by atoms with Crippen molar-refractivity contribution in [1.29, 1.82) is 0 Å². The number of aliphatic hydroxyl groups excluding tert-OH is 2. The summed E-state index contributed by atoms with van der Waals surface area (Å²) in [5, 5.41) is 19.1. The van der Waals surface area contributed by atoms with Crippen molar-refractivity contribution in [2.24, 2.45) is 0 Å². The van der Waals surface area contributed by atoms with Crippen LogP contribution in [-0.4, -0.2) is 36.6 Å². The van der Waals surface area contributed by atoms with Crippen LogP contribution in [0, 0.1) is 0 Å². The third kappa shape index (κ3) is 5.36. The fourth-order valence-corrected chi connectivity index (χ4v) is 6.97. The van der Waals surface area contributed by atoms with Gasteiger partial charge in [0.2, 0.25) is 0 Å². The van der Waals surface area contributed by atoms with Crippen molar-refractivity contribution in [3.8, 4) is 44.9 Å². The van der Waals surface area contributed by atoms with Gasteiger partial charge in [0.1, 0.15) is 24.7 Å². The molecule has 0 radical (unpaired) electrons. The Kier molecular flexibility index (Phi) is 8.39. The Balaban J connectivity index is 1.46. The molecule has 0 aliphatic heterocycles. The Morgan fingerprint density at radius 1 is 0.457 bits per heavy atom. The first kappa shape index (κ1) is 29.5. The van der Waals surface area contributed by atoms with E-state index in [4.69, 9.17) is 9.47 Å². The van der Waals surface area contributed by atoms with Crippen LogP contribution in [-0.2, 0) is 11.8 Å². The Morgan fingerprint density at radius 2 is 0.935 bits per heavy atom. The van der Waals surface area contributed by atoms with E-state index in [0.29, 0.717) is 6.42 Å². The molecule has 0 aromatic heterocycles. The maximum absolute atomic E-state index is 9.57. The summed E-state index contributed by atoms with van der Waals surface area (Å²) in [5.74, 6) is 1.50. The lowest BCUT2D eigenvalue weighted by atomic mass is 9.68. The Bertz CT molecular complexity index is 1900. The van der Waals surface area contributed by atoms with E-state index in [1.807, 2.05) is 42.5 Å². The van der Waals surface area contributed by atoms with Crippen LogP contribution in [0.15, 0.2) is 146 Å². The number of aliphatic hydroxyl groups is 2. The highest BCUT2D eigenvalue weighted by atomic mass is 16.5. The fourth-order valence-electron chi connectivity index (χ4n) is 6.97. The molecule has 46 heavy (non-hydrogen) atoms. The van der Waals surface area contributed by atoms with Gasteiger partial charge in [-0.2, -0.15) is 0 Å². The van der Waals surface area contributed by atoms with Crippen molar-refractivity contribution < 1.29 is 19.7 Å². The van der Waals surface area contributed by atoms with Gasteiger partial charge in [-0.1, -0.05) is 121 Å². The molecule has 0 amide bonds. The molecule has 1 aliphatic carbocycles. The van der Waals surface area contributed by atoms with Gasteiger partial charge >= 0.3 is 0 Å². The molecule has 0 bridgehead atoms. The van der Waals surface area contributed by atoms with E-state index in [1.54, 1.807) is 0 Å². The van der Waals surface area contributed by atoms with Crippen molar-refractivity contribution in [3.05, 3.63) is 168 Å². The van der Waals surface area contributed by atoms with Gasteiger partial charge < -0.3 is 19.7 Å². The first-order valence-corrected chi connectivity index (χ1v) is 15.8. The van der Waals surface area contributed by atoms with Crippen molar-refractivity contribution in [3.63, 3.8) is 0 Å². The predicted molar refractivity (Wildman–Crippen MR) is 184 cm³/mol. The predicted octanol–water partition coefficient (Wildman–Crippen LogP) is 8.32. The summed E-state index contributed by atoms with van der Waals surface area (Å²) in [4.78, 5) is 0. The van der Waals surface area contributed by atoms with Crippen LogP contribution in [0.1, 0.15) is 22.3 Å². The molecule has 0 unspecified atom stereocenters. The Labute approximate surface area is 270 Å². The maximum Gasteiger partial charge on any atom is 0.127 e. The second-order valence-corrected chi connectivity index (χ2v) is 11.6. The molecular weight excluding hydrogens is 568 g/mol. The number of ether oxygens (including phenoxy) is 2. The molecule has 1 aliphatic rings. The Morgan fingerprint density at radius 3 is 1.48 bits per heavy atom. The van der Waals surface area contributed by atoms with E-state index in [2.05, 4.69) is 103 Å². The molecule has 0 saturated carbocycles. The van der Waals surface area contributed by atoms with Gasteiger partial charge in [0, 0.05) is 11.1 Å². The topological polar surface area (TPSA) is 58.9 Å². The van der Waals surface area contributed by atoms with Crippen LogP contribution in [0.4, 0.5) is 0 Å². The summed E-state index contributed by atoms with van der Waals surface area (Å²) >= 11 is 0. The summed E-state index contributed by atoms with van der Waals surface area (Å²) in [5.41, 5.74) is 11.0. The van der Waals surface area contributed by atoms with Gasteiger partial charge in [-0.3, -0.25) is 0 Å². The normalized spacial score (nSPS) is 12.7. The van der Waals surface area contributed by atoms with E-state index >= 15 is 0 Å². The van der Waals surface area contributed by atoms with E-state index in [-0.39, 0.29) is 26.4 Å². The van der Waals surface area contributed by atoms with E-state index in [0.717, 1.165) is 33.8 Å². The molecule has 2 N–H and O–H groups in total. The summed E-state index contributed by atoms with van der Waals surface area (Å²) in [6, 6.07) is 51.0. The van der Waals surface area contributed by atoms with E-state index in [9.17, 15) is 10.2 Å². The molecule has 7 rings (SSSR count). The molecule has 6 aromatic carbocycles. The molecule has 0 atom stereocenters. The van der Waals surface area contributed by atoms with Crippen LogP contribution in [0.2, 0.25) is 0 Å². The smallest absolute Gasteiger partial charge is 0.127 e. The lowest BCUT2D eigenvalue weighted by Crippen LogP contribution is -2.30. The molecule has 4 nitrogen and oxygen atoms in total. The fraction of sp³-hybridized carbons (Fsp3) is 0.143. The van der Waals surface area contributed by atoms with Crippen LogP contribution in [0.25, 0.3) is 33.4 Å². The second kappa shape index (κ2) is 13.1. The third-order valence-corrected chi connectivity index (χ3v) is 8.92. The molecule has 0 spiro atoms. The van der Waals surface area contributed by atoms with Crippen molar-refractivity contribution in [2.75, 3.05) is 26.4 Å². The van der Waals surface area contributed by atoms with Gasteiger partial charge in [0.05, 0.1) is 18.6 Å². The molecule has 0 saturated heterocycles. The van der Waals surface area contributed by atoms with Gasteiger partial charge in [0.25, 0.3) is 0 Å². The number of fused-ring (bicyclic) bond motifs is 3. The minimum absolute atomic E-state index is 0.0472. The second-order valence-electron chi connectivity index (χ2n) is 11.6. The van der Waals surface area contributed by atoms with Crippen molar-refractivity contribution >= 4 is 0 Å². The van der Waals surface area contributed by atoms with Gasteiger partial charge in [0.15, 0.2) is 0 Å². The average molecular weight is 605 g/mol. The van der Waals surface area contributed by atoms with Crippen LogP contribution >= 0.6 is 0 Å². The summed E-state index contributed by atoms with van der Waals surface area (Å²) in [7, 11) is 0. The van der Waals surface area contributed by atoms with Crippen LogP contribution < -0.4 is 9.47 Å². The monoisotopic (exact) mass is 604 g/mol.